The molecule has 2 N–H and O–H groups in total. The standard InChI is InChI=1S/C22H24F3N7O2/c1-31-10-7-15(30-31)12-26-19-16(22(23,24)25)13-27-21(29-19)28-17-6-5-14(11-18(17)34-2)20(33)32-8-3-4-9-32/h5-7,10-11,13H,3-4,8-9,12H2,1-2H3,(H2,26,27,28,29). The van der Waals surface area contributed by atoms with E-state index >= 15 is 0 Å². The quantitative estimate of drug-likeness (QED) is 0.536. The number of aryl methyl sites for hydroxylation is 1. The zero-order valence-electron chi connectivity index (χ0n) is 18.7. The van der Waals surface area contributed by atoms with Crippen molar-refractivity contribution in [3.8, 4) is 5.75 Å². The fraction of sp³-hybridized carbons (Fsp3) is 0.364. The molecule has 0 bridgehead atoms. The molecule has 180 valence electrons. The van der Waals surface area contributed by atoms with Crippen molar-refractivity contribution in [3.05, 3.63) is 53.5 Å². The molecule has 1 fully saturated rings. The van der Waals surface area contributed by atoms with Crippen molar-refractivity contribution >= 4 is 23.4 Å². The van der Waals surface area contributed by atoms with E-state index in [9.17, 15) is 18.0 Å². The first-order valence-corrected chi connectivity index (χ1v) is 10.7. The second-order valence-corrected chi connectivity index (χ2v) is 7.83. The molecule has 0 saturated carbocycles. The lowest BCUT2D eigenvalue weighted by Crippen LogP contribution is -2.27. The van der Waals surface area contributed by atoms with Crippen molar-refractivity contribution in [2.45, 2.75) is 25.6 Å². The molecule has 0 unspecified atom stereocenters. The lowest BCUT2D eigenvalue weighted by atomic mass is 10.1. The SMILES string of the molecule is COc1cc(C(=O)N2CCCC2)ccc1Nc1ncc(C(F)(F)F)c(NCc2ccn(C)n2)n1. The van der Waals surface area contributed by atoms with E-state index in [-0.39, 0.29) is 24.2 Å². The number of hydrogen-bond donors (Lipinski definition) is 2. The van der Waals surface area contributed by atoms with Gasteiger partial charge in [0.15, 0.2) is 0 Å². The lowest BCUT2D eigenvalue weighted by Gasteiger charge is -2.17. The van der Waals surface area contributed by atoms with Crippen LogP contribution in [-0.4, -0.2) is 50.8 Å². The number of aromatic nitrogens is 4. The van der Waals surface area contributed by atoms with E-state index in [1.54, 1.807) is 47.1 Å². The number of carbonyl (C=O) groups excluding carboxylic acids is 1. The molecule has 9 nitrogen and oxygen atoms in total. The van der Waals surface area contributed by atoms with Crippen LogP contribution in [0.3, 0.4) is 0 Å². The number of rotatable bonds is 7. The minimum absolute atomic E-state index is 0.0526. The van der Waals surface area contributed by atoms with Gasteiger partial charge in [-0.15, -0.1) is 0 Å². The second-order valence-electron chi connectivity index (χ2n) is 7.83. The Morgan fingerprint density at radius 3 is 2.62 bits per heavy atom. The van der Waals surface area contributed by atoms with Crippen LogP contribution in [0.15, 0.2) is 36.7 Å². The monoisotopic (exact) mass is 475 g/mol. The first-order chi connectivity index (χ1) is 16.2. The maximum Gasteiger partial charge on any atom is 0.421 e. The van der Waals surface area contributed by atoms with Gasteiger partial charge in [-0.3, -0.25) is 9.48 Å². The van der Waals surface area contributed by atoms with Crippen molar-refractivity contribution in [1.82, 2.24) is 24.6 Å². The molecule has 0 radical (unpaired) electrons. The van der Waals surface area contributed by atoms with Crippen LogP contribution >= 0.6 is 0 Å². The predicted molar refractivity (Wildman–Crippen MR) is 119 cm³/mol. The molecule has 12 heteroatoms. The Labute approximate surface area is 194 Å². The summed E-state index contributed by atoms with van der Waals surface area (Å²) in [6.45, 7) is 1.49. The summed E-state index contributed by atoms with van der Waals surface area (Å²) < 4.78 is 47.4. The smallest absolute Gasteiger partial charge is 0.421 e. The summed E-state index contributed by atoms with van der Waals surface area (Å²) in [5, 5.41) is 9.72. The van der Waals surface area contributed by atoms with Gasteiger partial charge in [-0.2, -0.15) is 23.3 Å². The molecule has 0 aliphatic carbocycles. The third-order valence-corrected chi connectivity index (χ3v) is 5.39. The topological polar surface area (TPSA) is 97.2 Å². The first kappa shape index (κ1) is 23.3. The minimum Gasteiger partial charge on any atom is -0.495 e. The maximum atomic E-state index is 13.5. The molecule has 34 heavy (non-hydrogen) atoms. The summed E-state index contributed by atoms with van der Waals surface area (Å²) in [6, 6.07) is 6.53. The highest BCUT2D eigenvalue weighted by Gasteiger charge is 2.35. The summed E-state index contributed by atoms with van der Waals surface area (Å²) in [5.74, 6) is -0.186. The van der Waals surface area contributed by atoms with Crippen LogP contribution in [0, 0.1) is 0 Å². The highest BCUT2D eigenvalue weighted by Crippen LogP contribution is 2.35. The van der Waals surface area contributed by atoms with E-state index in [0.29, 0.717) is 28.9 Å². The Kier molecular flexibility index (Phi) is 6.57. The van der Waals surface area contributed by atoms with Gasteiger partial charge >= 0.3 is 6.18 Å². The van der Waals surface area contributed by atoms with Crippen LogP contribution in [0.2, 0.25) is 0 Å². The van der Waals surface area contributed by atoms with Gasteiger partial charge in [0.1, 0.15) is 17.1 Å². The van der Waals surface area contributed by atoms with Crippen LogP contribution < -0.4 is 15.4 Å². The van der Waals surface area contributed by atoms with E-state index in [1.807, 2.05) is 0 Å². The van der Waals surface area contributed by atoms with Gasteiger partial charge in [0.2, 0.25) is 5.95 Å². The molecule has 3 aromatic rings. The Bertz CT molecular complexity index is 1170. The molecule has 3 heterocycles. The molecule has 4 rings (SSSR count). The Balaban J connectivity index is 1.57. The van der Waals surface area contributed by atoms with Crippen LogP contribution in [0.4, 0.5) is 30.6 Å². The molecule has 0 atom stereocenters. The number of hydrogen-bond acceptors (Lipinski definition) is 7. The van der Waals surface area contributed by atoms with Crippen LogP contribution in [-0.2, 0) is 19.8 Å². The molecule has 1 aliphatic rings. The van der Waals surface area contributed by atoms with E-state index in [4.69, 9.17) is 4.74 Å². The van der Waals surface area contributed by atoms with Gasteiger partial charge in [-0.1, -0.05) is 0 Å². The van der Waals surface area contributed by atoms with E-state index in [1.165, 1.54) is 7.11 Å². The third-order valence-electron chi connectivity index (χ3n) is 5.39. The highest BCUT2D eigenvalue weighted by molar-refractivity contribution is 5.95. The number of nitrogens with one attached hydrogen (secondary N) is 2. The van der Waals surface area contributed by atoms with Crippen molar-refractivity contribution in [3.63, 3.8) is 0 Å². The number of anilines is 3. The molecule has 0 spiro atoms. The normalized spacial score (nSPS) is 13.7. The average Bonchev–Trinajstić information content (AvgIpc) is 3.49. The number of carbonyl (C=O) groups is 1. The molecule has 1 aliphatic heterocycles. The summed E-state index contributed by atoms with van der Waals surface area (Å²) in [6.07, 6.45) is -0.276. The number of ether oxygens (including phenoxy) is 1. The predicted octanol–water partition coefficient (Wildman–Crippen LogP) is 3.83. The van der Waals surface area contributed by atoms with Gasteiger partial charge in [-0.25, -0.2) is 4.98 Å². The van der Waals surface area contributed by atoms with Crippen LogP contribution in [0.25, 0.3) is 0 Å². The van der Waals surface area contributed by atoms with Crippen molar-refractivity contribution in [2.24, 2.45) is 7.05 Å². The molecule has 1 amide bonds. The van der Waals surface area contributed by atoms with Crippen molar-refractivity contribution in [1.29, 1.82) is 0 Å². The first-order valence-electron chi connectivity index (χ1n) is 10.7. The lowest BCUT2D eigenvalue weighted by molar-refractivity contribution is -0.137. The summed E-state index contributed by atoms with van der Waals surface area (Å²) >= 11 is 0. The average molecular weight is 475 g/mol. The van der Waals surface area contributed by atoms with Crippen molar-refractivity contribution in [2.75, 3.05) is 30.8 Å². The van der Waals surface area contributed by atoms with Crippen molar-refractivity contribution < 1.29 is 22.7 Å². The van der Waals surface area contributed by atoms with E-state index < -0.39 is 11.7 Å². The Morgan fingerprint density at radius 1 is 1.21 bits per heavy atom. The largest absolute Gasteiger partial charge is 0.495 e. The highest BCUT2D eigenvalue weighted by atomic mass is 19.4. The maximum absolute atomic E-state index is 13.5. The van der Waals surface area contributed by atoms with Gasteiger partial charge in [-0.05, 0) is 37.1 Å². The van der Waals surface area contributed by atoms with Gasteiger partial charge in [0, 0.05) is 38.1 Å². The number of likely N-dealkylation sites (tertiary alicyclic amines) is 1. The second kappa shape index (κ2) is 9.57. The molecule has 2 aromatic heterocycles. The number of nitrogens with zero attached hydrogens (tertiary/aromatic N) is 5. The molecule has 1 aromatic carbocycles. The zero-order valence-corrected chi connectivity index (χ0v) is 18.7. The summed E-state index contributed by atoms with van der Waals surface area (Å²) in [5.41, 5.74) is 0.447. The van der Waals surface area contributed by atoms with Crippen LogP contribution in [0.5, 0.6) is 5.75 Å². The molecular weight excluding hydrogens is 451 g/mol. The Hall–Kier alpha value is -3.83. The van der Waals surface area contributed by atoms with E-state index in [2.05, 4.69) is 25.7 Å². The van der Waals surface area contributed by atoms with Crippen LogP contribution in [0.1, 0.15) is 34.5 Å². The van der Waals surface area contributed by atoms with Gasteiger partial charge in [0.05, 0.1) is 25.0 Å². The number of amides is 1. The van der Waals surface area contributed by atoms with Gasteiger partial charge < -0.3 is 20.3 Å². The summed E-state index contributed by atoms with van der Waals surface area (Å²) in [4.78, 5) is 22.3. The summed E-state index contributed by atoms with van der Waals surface area (Å²) in [7, 11) is 3.16. The fourth-order valence-corrected chi connectivity index (χ4v) is 3.67. The molecule has 1 saturated heterocycles. The number of benzene rings is 1. The van der Waals surface area contributed by atoms with E-state index in [0.717, 1.165) is 25.9 Å². The Morgan fingerprint density at radius 2 is 1.97 bits per heavy atom. The number of methoxy groups -OCH3 is 1. The fourth-order valence-electron chi connectivity index (χ4n) is 3.67. The van der Waals surface area contributed by atoms with Gasteiger partial charge in [0.25, 0.3) is 5.91 Å². The molecular formula is C22H24F3N7O2. The third kappa shape index (κ3) is 5.21. The minimum atomic E-state index is -4.64. The zero-order chi connectivity index (χ0) is 24.3. The number of alkyl halides is 3. The number of halogens is 3.